The minimum absolute atomic E-state index is 0.0169. The predicted octanol–water partition coefficient (Wildman–Crippen LogP) is -0.643. The topological polar surface area (TPSA) is 69.4 Å². The summed E-state index contributed by atoms with van der Waals surface area (Å²) in [5, 5.41) is 16.6. The molecule has 0 aliphatic carbocycles. The summed E-state index contributed by atoms with van der Waals surface area (Å²) in [5.74, 6) is 0. The summed E-state index contributed by atoms with van der Waals surface area (Å²) in [7, 11) is 1.65. The smallest absolute Gasteiger partial charge is 0.108 e. The maximum atomic E-state index is 8.84. The molecule has 2 heterocycles. The summed E-state index contributed by atoms with van der Waals surface area (Å²) in [4.78, 5) is 0. The van der Waals surface area contributed by atoms with E-state index in [0.29, 0.717) is 18.9 Å². The molecule has 14 heavy (non-hydrogen) atoms. The molecule has 0 spiro atoms. The van der Waals surface area contributed by atoms with E-state index in [1.165, 1.54) is 0 Å². The Hall–Kier alpha value is -0.980. The Morgan fingerprint density at radius 3 is 3.21 bits per heavy atom. The molecule has 0 bridgehead atoms. The van der Waals surface area contributed by atoms with E-state index >= 15 is 0 Å². The molecule has 1 saturated heterocycles. The van der Waals surface area contributed by atoms with Crippen LogP contribution < -0.4 is 0 Å². The second-order valence-corrected chi connectivity index (χ2v) is 3.23. The average molecular weight is 199 g/mol. The summed E-state index contributed by atoms with van der Waals surface area (Å²) >= 11 is 0. The Balaban J connectivity index is 2.13. The molecule has 1 N–H and O–H groups in total. The molecule has 2 atom stereocenters. The summed E-state index contributed by atoms with van der Waals surface area (Å²) in [6.45, 7) is 1.06. The van der Waals surface area contributed by atoms with Crippen LogP contribution in [0.5, 0.6) is 0 Å². The van der Waals surface area contributed by atoms with Crippen molar-refractivity contribution in [3.8, 4) is 0 Å². The van der Waals surface area contributed by atoms with Gasteiger partial charge >= 0.3 is 0 Å². The van der Waals surface area contributed by atoms with Crippen LogP contribution in [-0.2, 0) is 16.1 Å². The van der Waals surface area contributed by atoms with E-state index < -0.39 is 0 Å². The number of ether oxygens (including phenoxy) is 2. The quantitative estimate of drug-likeness (QED) is 0.701. The lowest BCUT2D eigenvalue weighted by Crippen LogP contribution is -2.24. The minimum atomic E-state index is -0.0920. The highest BCUT2D eigenvalue weighted by molar-refractivity contribution is 4.93. The SMILES string of the molecule is CO[C@@H]1COC[C@@H]1n1cc(CO)nn1. The maximum Gasteiger partial charge on any atom is 0.108 e. The molecule has 6 nitrogen and oxygen atoms in total. The van der Waals surface area contributed by atoms with Gasteiger partial charge in [-0.15, -0.1) is 5.10 Å². The Kier molecular flexibility index (Phi) is 2.76. The van der Waals surface area contributed by atoms with Gasteiger partial charge in [0, 0.05) is 7.11 Å². The van der Waals surface area contributed by atoms with Crippen LogP contribution in [0, 0.1) is 0 Å². The maximum absolute atomic E-state index is 8.84. The molecule has 0 unspecified atom stereocenters. The van der Waals surface area contributed by atoms with Crippen LogP contribution in [0.25, 0.3) is 0 Å². The van der Waals surface area contributed by atoms with Crippen LogP contribution in [0.4, 0.5) is 0 Å². The van der Waals surface area contributed by atoms with Gasteiger partial charge in [-0.25, -0.2) is 4.68 Å². The number of hydrogen-bond donors (Lipinski definition) is 1. The highest BCUT2D eigenvalue weighted by Gasteiger charge is 2.30. The average Bonchev–Trinajstić information content (AvgIpc) is 2.85. The van der Waals surface area contributed by atoms with Crippen molar-refractivity contribution in [2.45, 2.75) is 18.8 Å². The van der Waals surface area contributed by atoms with Crippen molar-refractivity contribution in [1.82, 2.24) is 15.0 Å². The summed E-state index contributed by atoms with van der Waals surface area (Å²) < 4.78 is 12.2. The number of hydrogen-bond acceptors (Lipinski definition) is 5. The Morgan fingerprint density at radius 1 is 1.71 bits per heavy atom. The van der Waals surface area contributed by atoms with E-state index in [4.69, 9.17) is 14.6 Å². The molecule has 1 aromatic heterocycles. The Labute approximate surface area is 81.4 Å². The Morgan fingerprint density at radius 2 is 2.57 bits per heavy atom. The molecule has 0 radical (unpaired) electrons. The summed E-state index contributed by atoms with van der Waals surface area (Å²) in [5.41, 5.74) is 0.562. The molecule has 6 heteroatoms. The van der Waals surface area contributed by atoms with E-state index in [1.807, 2.05) is 0 Å². The minimum Gasteiger partial charge on any atom is -0.390 e. The summed E-state index contributed by atoms with van der Waals surface area (Å²) in [6, 6.07) is 0.0628. The monoisotopic (exact) mass is 199 g/mol. The van der Waals surface area contributed by atoms with Gasteiger partial charge in [-0.1, -0.05) is 5.21 Å². The number of aliphatic hydroxyl groups excluding tert-OH is 1. The van der Waals surface area contributed by atoms with Crippen molar-refractivity contribution < 1.29 is 14.6 Å². The fourth-order valence-electron chi connectivity index (χ4n) is 1.54. The van der Waals surface area contributed by atoms with E-state index in [1.54, 1.807) is 18.0 Å². The van der Waals surface area contributed by atoms with Gasteiger partial charge in [0.05, 0.1) is 26.0 Å². The number of rotatable bonds is 3. The number of methoxy groups -OCH3 is 1. The van der Waals surface area contributed by atoms with Crippen LogP contribution in [0.15, 0.2) is 6.20 Å². The van der Waals surface area contributed by atoms with E-state index in [-0.39, 0.29) is 18.8 Å². The molecular formula is C8H13N3O3. The van der Waals surface area contributed by atoms with Crippen molar-refractivity contribution >= 4 is 0 Å². The lowest BCUT2D eigenvalue weighted by Gasteiger charge is -2.15. The van der Waals surface area contributed by atoms with Crippen molar-refractivity contribution in [3.05, 3.63) is 11.9 Å². The van der Waals surface area contributed by atoms with Crippen LogP contribution in [0.2, 0.25) is 0 Å². The molecule has 1 aliphatic rings. The van der Waals surface area contributed by atoms with Gasteiger partial charge in [0.25, 0.3) is 0 Å². The first kappa shape index (κ1) is 9.57. The third-order valence-corrected chi connectivity index (χ3v) is 2.36. The zero-order valence-corrected chi connectivity index (χ0v) is 7.96. The molecule has 0 amide bonds. The zero-order valence-electron chi connectivity index (χ0n) is 7.96. The van der Waals surface area contributed by atoms with Gasteiger partial charge in [-0.05, 0) is 0 Å². The number of nitrogens with zero attached hydrogens (tertiary/aromatic N) is 3. The highest BCUT2D eigenvalue weighted by Crippen LogP contribution is 2.20. The van der Waals surface area contributed by atoms with E-state index in [9.17, 15) is 0 Å². The molecule has 1 aliphatic heterocycles. The molecular weight excluding hydrogens is 186 g/mol. The molecule has 1 fully saturated rings. The molecule has 78 valence electrons. The van der Waals surface area contributed by atoms with Gasteiger partial charge in [0.2, 0.25) is 0 Å². The van der Waals surface area contributed by atoms with Gasteiger partial charge in [-0.3, -0.25) is 0 Å². The van der Waals surface area contributed by atoms with E-state index in [2.05, 4.69) is 10.3 Å². The standard InChI is InChI=1S/C8H13N3O3/c1-13-8-5-14-4-7(8)11-2-6(3-12)9-10-11/h2,7-8,12H,3-5H2,1H3/t7-,8+/m0/s1. The van der Waals surface area contributed by atoms with E-state index in [0.717, 1.165) is 0 Å². The summed E-state index contributed by atoms with van der Waals surface area (Å²) in [6.07, 6.45) is 1.73. The Bertz CT molecular complexity index is 302. The number of aromatic nitrogens is 3. The largest absolute Gasteiger partial charge is 0.390 e. The normalized spacial score (nSPS) is 27.0. The molecule has 0 aromatic carbocycles. The lowest BCUT2D eigenvalue weighted by molar-refractivity contribution is 0.0661. The predicted molar refractivity (Wildman–Crippen MR) is 46.6 cm³/mol. The van der Waals surface area contributed by atoms with Crippen LogP contribution >= 0.6 is 0 Å². The molecule has 0 saturated carbocycles. The van der Waals surface area contributed by atoms with Crippen molar-refractivity contribution in [1.29, 1.82) is 0 Å². The first-order valence-electron chi connectivity index (χ1n) is 4.47. The van der Waals surface area contributed by atoms with Crippen molar-refractivity contribution in [2.75, 3.05) is 20.3 Å². The van der Waals surface area contributed by atoms with Crippen LogP contribution in [0.3, 0.4) is 0 Å². The number of aliphatic hydroxyl groups is 1. The van der Waals surface area contributed by atoms with Gasteiger partial charge in [0.15, 0.2) is 0 Å². The zero-order chi connectivity index (χ0) is 9.97. The first-order valence-corrected chi connectivity index (χ1v) is 4.47. The fraction of sp³-hybridized carbons (Fsp3) is 0.750. The second-order valence-electron chi connectivity index (χ2n) is 3.23. The van der Waals surface area contributed by atoms with Gasteiger partial charge in [-0.2, -0.15) is 0 Å². The lowest BCUT2D eigenvalue weighted by atomic mass is 10.2. The second kappa shape index (κ2) is 4.04. The molecule has 1 aromatic rings. The highest BCUT2D eigenvalue weighted by atomic mass is 16.5. The van der Waals surface area contributed by atoms with Crippen LogP contribution in [0.1, 0.15) is 11.7 Å². The van der Waals surface area contributed by atoms with Gasteiger partial charge < -0.3 is 14.6 Å². The van der Waals surface area contributed by atoms with Crippen molar-refractivity contribution in [3.63, 3.8) is 0 Å². The van der Waals surface area contributed by atoms with Gasteiger partial charge in [0.1, 0.15) is 17.8 Å². The fourth-order valence-corrected chi connectivity index (χ4v) is 1.54. The third kappa shape index (κ3) is 1.63. The molecule has 2 rings (SSSR count). The van der Waals surface area contributed by atoms with Crippen LogP contribution in [-0.4, -0.2) is 46.5 Å². The third-order valence-electron chi connectivity index (χ3n) is 2.36. The first-order chi connectivity index (χ1) is 6.85. The van der Waals surface area contributed by atoms with Crippen molar-refractivity contribution in [2.24, 2.45) is 0 Å².